The number of phosphoric acid groups is 1. The van der Waals surface area contributed by atoms with E-state index in [4.69, 9.17) is 25.0 Å². The van der Waals surface area contributed by atoms with E-state index in [1.807, 2.05) is 0 Å². The molecule has 0 saturated heterocycles. The number of rotatable bonds is 0. The minimum atomic E-state index is -4.64. The predicted octanol–water partition coefficient (Wildman–Crippen LogP) is -0.854. The topological polar surface area (TPSA) is 158 Å². The number of imidazole rings is 1. The number of nitrogens with one attached hydrogen (secondary N) is 1. The van der Waals surface area contributed by atoms with E-state index in [-0.39, 0.29) is 11.5 Å². The minimum absolute atomic E-state index is 0.0741. The molecule has 0 bridgehead atoms. The molecule has 9 nitrogen and oxygen atoms in total. The third-order valence-corrected chi connectivity index (χ3v) is 1.29. The van der Waals surface area contributed by atoms with Crippen molar-refractivity contribution < 1.29 is 23.6 Å². The Balaban J connectivity index is 0.000000221. The van der Waals surface area contributed by atoms with Gasteiger partial charge < -0.3 is 25.4 Å². The summed E-state index contributed by atoms with van der Waals surface area (Å²) in [7, 11) is -4.64. The van der Waals surface area contributed by atoms with E-state index in [2.05, 4.69) is 19.9 Å². The molecule has 2 aromatic heterocycles. The molecule has 0 radical (unpaired) electrons. The van der Waals surface area contributed by atoms with Crippen LogP contribution in [0, 0.1) is 6.08 Å². The Kier molecular flexibility index (Phi) is 3.50. The van der Waals surface area contributed by atoms with Crippen LogP contribution in [0.25, 0.3) is 11.2 Å². The molecule has 6 N–H and O–H groups in total. The van der Waals surface area contributed by atoms with Gasteiger partial charge in [-0.1, -0.05) is 0 Å². The molecule has 16 heavy (non-hydrogen) atoms. The van der Waals surface area contributed by atoms with Crippen LogP contribution in [0.15, 0.2) is 6.33 Å². The highest BCUT2D eigenvalue weighted by Crippen LogP contribution is 2.25. The van der Waals surface area contributed by atoms with E-state index >= 15 is 0 Å². The number of hydrogen-bond donors (Lipinski definition) is 5. The van der Waals surface area contributed by atoms with Crippen molar-refractivity contribution in [3.05, 3.63) is 12.4 Å². The molecular formula is C5H7FN5O4P. The van der Waals surface area contributed by atoms with Crippen molar-refractivity contribution in [2.24, 2.45) is 0 Å². The van der Waals surface area contributed by atoms with Gasteiger partial charge in [-0.05, 0) is 0 Å². The zero-order chi connectivity index (χ0) is 12.3. The SMILES string of the molecule is Nc1nc(F)nc2nc[nH]c12.O=P(O)(O)O. The molecule has 11 heteroatoms. The van der Waals surface area contributed by atoms with E-state index in [1.54, 1.807) is 0 Å². The Bertz CT molecular complexity index is 530. The number of halogens is 1. The second-order valence-electron chi connectivity index (χ2n) is 2.49. The maximum absolute atomic E-state index is 12.4. The lowest BCUT2D eigenvalue weighted by Gasteiger charge is -1.91. The molecule has 2 aromatic rings. The van der Waals surface area contributed by atoms with Gasteiger partial charge in [0.2, 0.25) is 0 Å². The second-order valence-corrected chi connectivity index (χ2v) is 3.52. The van der Waals surface area contributed by atoms with Crippen LogP contribution in [-0.2, 0) is 4.57 Å². The normalized spacial score (nSPS) is 11.0. The third kappa shape index (κ3) is 3.87. The molecule has 0 aliphatic rings. The number of aromatic amines is 1. The van der Waals surface area contributed by atoms with Crippen molar-refractivity contribution in [3.63, 3.8) is 0 Å². The largest absolute Gasteiger partial charge is 0.466 e. The number of nitrogens with two attached hydrogens (primary N) is 1. The monoisotopic (exact) mass is 251 g/mol. The van der Waals surface area contributed by atoms with Crippen molar-refractivity contribution in [1.82, 2.24) is 19.9 Å². The summed E-state index contributed by atoms with van der Waals surface area (Å²) in [5, 5.41) is 0. The lowest BCUT2D eigenvalue weighted by atomic mass is 10.5. The molecular weight excluding hydrogens is 244 g/mol. The number of H-pyrrole nitrogens is 1. The van der Waals surface area contributed by atoms with Gasteiger partial charge in [-0.3, -0.25) is 0 Å². The second kappa shape index (κ2) is 4.49. The third-order valence-electron chi connectivity index (χ3n) is 1.29. The Morgan fingerprint density at radius 3 is 2.50 bits per heavy atom. The molecule has 0 saturated carbocycles. The van der Waals surface area contributed by atoms with Crippen LogP contribution >= 0.6 is 7.82 Å². The molecule has 2 rings (SSSR count). The van der Waals surface area contributed by atoms with Gasteiger partial charge in [-0.15, -0.1) is 0 Å². The average Bonchev–Trinajstić information content (AvgIpc) is 2.47. The molecule has 0 amide bonds. The van der Waals surface area contributed by atoms with Gasteiger partial charge in [0, 0.05) is 0 Å². The van der Waals surface area contributed by atoms with E-state index in [9.17, 15) is 4.39 Å². The molecule has 0 aliphatic heterocycles. The fourth-order valence-electron chi connectivity index (χ4n) is 0.828. The number of anilines is 1. The summed E-state index contributed by atoms with van der Waals surface area (Å²) < 4.78 is 21.3. The van der Waals surface area contributed by atoms with E-state index in [0.717, 1.165) is 0 Å². The first-order valence-corrected chi connectivity index (χ1v) is 5.24. The molecule has 0 unspecified atom stereocenters. The van der Waals surface area contributed by atoms with Crippen LogP contribution in [0.3, 0.4) is 0 Å². The van der Waals surface area contributed by atoms with Crippen LogP contribution in [-0.4, -0.2) is 34.6 Å². The van der Waals surface area contributed by atoms with E-state index in [1.165, 1.54) is 6.33 Å². The quantitative estimate of drug-likeness (QED) is 0.299. The fourth-order valence-corrected chi connectivity index (χ4v) is 0.828. The Morgan fingerprint density at radius 1 is 1.38 bits per heavy atom. The molecule has 0 aliphatic carbocycles. The van der Waals surface area contributed by atoms with Gasteiger partial charge in [-0.2, -0.15) is 14.4 Å². The molecule has 2 heterocycles. The first kappa shape index (κ1) is 12.5. The first-order chi connectivity index (χ1) is 7.27. The number of nitrogens with zero attached hydrogens (tertiary/aromatic N) is 3. The van der Waals surface area contributed by atoms with Crippen LogP contribution in [0.4, 0.5) is 10.2 Å². The highest BCUT2D eigenvalue weighted by atomic mass is 31.2. The summed E-state index contributed by atoms with van der Waals surface area (Å²) >= 11 is 0. The highest BCUT2D eigenvalue weighted by molar-refractivity contribution is 7.45. The zero-order valence-electron chi connectivity index (χ0n) is 7.57. The summed E-state index contributed by atoms with van der Waals surface area (Å²) in [4.78, 5) is 34.7. The summed E-state index contributed by atoms with van der Waals surface area (Å²) in [5.74, 6) is 0.0741. The van der Waals surface area contributed by atoms with Crippen LogP contribution in [0.2, 0.25) is 0 Å². The highest BCUT2D eigenvalue weighted by Gasteiger charge is 2.05. The predicted molar refractivity (Wildman–Crippen MR) is 50.3 cm³/mol. The summed E-state index contributed by atoms with van der Waals surface area (Å²) in [5.41, 5.74) is 6.05. The maximum Gasteiger partial charge on any atom is 0.466 e. The van der Waals surface area contributed by atoms with Crippen LogP contribution < -0.4 is 5.73 Å². The van der Waals surface area contributed by atoms with Gasteiger partial charge in [0.1, 0.15) is 5.52 Å². The van der Waals surface area contributed by atoms with Crippen LogP contribution in [0.1, 0.15) is 0 Å². The van der Waals surface area contributed by atoms with E-state index < -0.39 is 13.9 Å². The molecule has 0 atom stereocenters. The Morgan fingerprint density at radius 2 is 1.94 bits per heavy atom. The standard InChI is InChI=1S/C5H4FN5.H3O4P/c6-5-10-3(7)2-4(11-5)9-1-8-2;1-5(2,3)4/h1H,(H3,7,8,9,10,11);(H3,1,2,3,4). The van der Waals surface area contributed by atoms with Gasteiger partial charge in [-0.25, -0.2) is 9.55 Å². The van der Waals surface area contributed by atoms with Gasteiger partial charge in [0.15, 0.2) is 11.5 Å². The molecule has 0 fully saturated rings. The first-order valence-electron chi connectivity index (χ1n) is 3.68. The van der Waals surface area contributed by atoms with Gasteiger partial charge in [0.25, 0.3) is 0 Å². The Labute approximate surface area is 87.4 Å². The van der Waals surface area contributed by atoms with Crippen molar-refractivity contribution in [2.45, 2.75) is 0 Å². The molecule has 0 spiro atoms. The number of nitrogen functional groups attached to an aromatic ring is 1. The van der Waals surface area contributed by atoms with Gasteiger partial charge in [0.05, 0.1) is 6.33 Å². The smallest absolute Gasteiger partial charge is 0.382 e. The van der Waals surface area contributed by atoms with Crippen molar-refractivity contribution in [3.8, 4) is 0 Å². The molecule has 0 aromatic carbocycles. The van der Waals surface area contributed by atoms with Gasteiger partial charge >= 0.3 is 13.9 Å². The number of fused-ring (bicyclic) bond motifs is 1. The zero-order valence-corrected chi connectivity index (χ0v) is 8.47. The lowest BCUT2D eigenvalue weighted by Crippen LogP contribution is -1.97. The summed E-state index contributed by atoms with van der Waals surface area (Å²) in [6.07, 6.45) is 0.525. The summed E-state index contributed by atoms with van der Waals surface area (Å²) in [6.45, 7) is 0. The van der Waals surface area contributed by atoms with Crippen molar-refractivity contribution in [2.75, 3.05) is 5.73 Å². The maximum atomic E-state index is 12.4. The lowest BCUT2D eigenvalue weighted by molar-refractivity contribution is 0.275. The van der Waals surface area contributed by atoms with Crippen molar-refractivity contribution in [1.29, 1.82) is 0 Å². The average molecular weight is 251 g/mol. The van der Waals surface area contributed by atoms with E-state index in [0.29, 0.717) is 5.52 Å². The summed E-state index contributed by atoms with van der Waals surface area (Å²) in [6, 6.07) is 0. The Hall–Kier alpha value is -1.61. The minimum Gasteiger partial charge on any atom is -0.382 e. The number of aromatic nitrogens is 4. The van der Waals surface area contributed by atoms with Crippen molar-refractivity contribution >= 4 is 24.8 Å². The fraction of sp³-hybridized carbons (Fsp3) is 0. The van der Waals surface area contributed by atoms with Crippen LogP contribution in [0.5, 0.6) is 0 Å². The number of hydrogen-bond acceptors (Lipinski definition) is 5. The molecule has 88 valence electrons.